The maximum Gasteiger partial charge on any atom is 0.419 e. The lowest BCUT2D eigenvalue weighted by atomic mass is 10.0. The highest BCUT2D eigenvalue weighted by Crippen LogP contribution is 2.48. The zero-order valence-electron chi connectivity index (χ0n) is 18.3. The summed E-state index contributed by atoms with van der Waals surface area (Å²) in [6.45, 7) is 1.33. The molecule has 0 saturated heterocycles. The number of hydrogen-bond acceptors (Lipinski definition) is 4. The minimum Gasteiger partial charge on any atom is -0.361 e. The summed E-state index contributed by atoms with van der Waals surface area (Å²) in [4.78, 5) is 25.1. The molecule has 1 aromatic carbocycles. The number of halogens is 7. The lowest BCUT2D eigenvalue weighted by Crippen LogP contribution is -2.36. The molecule has 0 spiro atoms. The minimum atomic E-state index is -4.94. The van der Waals surface area contributed by atoms with Crippen molar-refractivity contribution in [3.63, 3.8) is 0 Å². The van der Waals surface area contributed by atoms with Crippen molar-refractivity contribution in [2.45, 2.75) is 44.2 Å². The van der Waals surface area contributed by atoms with Gasteiger partial charge in [-0.25, -0.2) is 9.07 Å². The average Bonchev–Trinajstić information content (AvgIpc) is 3.56. The molecule has 35 heavy (non-hydrogen) atoms. The molecular formula is C22H19F7N4O2. The number of fused-ring (bicyclic) bond motifs is 1. The number of nitrogens with one attached hydrogen (secondary N) is 1. The maximum atomic E-state index is 14.6. The molecule has 1 fully saturated rings. The molecule has 2 heterocycles. The van der Waals surface area contributed by atoms with E-state index in [4.69, 9.17) is 0 Å². The maximum absolute atomic E-state index is 14.6. The Morgan fingerprint density at radius 3 is 2.31 bits per heavy atom. The Kier molecular flexibility index (Phi) is 5.92. The molecule has 0 radical (unpaired) electrons. The van der Waals surface area contributed by atoms with Gasteiger partial charge in [0.05, 0.1) is 17.0 Å². The summed E-state index contributed by atoms with van der Waals surface area (Å²) >= 11 is 0. The van der Waals surface area contributed by atoms with Crippen LogP contribution in [0.3, 0.4) is 0 Å². The number of benzene rings is 1. The SMILES string of the molecule is C[C@@H](Nc1nn(C)c(=O)c2cc(=O)n(C(C3CC3)C(F)(F)F)cc12)c1cccc(C(F)(F)F)c1F. The third-order valence-corrected chi connectivity index (χ3v) is 5.97. The first kappa shape index (κ1) is 24.7. The van der Waals surface area contributed by atoms with E-state index in [2.05, 4.69) is 10.4 Å². The Morgan fingerprint density at radius 2 is 1.74 bits per heavy atom. The molecule has 0 aliphatic heterocycles. The van der Waals surface area contributed by atoms with Crippen LogP contribution in [-0.4, -0.2) is 20.5 Å². The molecule has 2 atom stereocenters. The van der Waals surface area contributed by atoms with Gasteiger partial charge >= 0.3 is 12.4 Å². The van der Waals surface area contributed by atoms with Crippen LogP contribution in [0.5, 0.6) is 0 Å². The molecule has 2 aromatic heterocycles. The van der Waals surface area contributed by atoms with Crippen LogP contribution in [-0.2, 0) is 13.2 Å². The quantitative estimate of drug-likeness (QED) is 0.500. The van der Waals surface area contributed by atoms with Gasteiger partial charge in [-0.1, -0.05) is 12.1 Å². The molecule has 1 aliphatic rings. The van der Waals surface area contributed by atoms with Gasteiger partial charge in [0, 0.05) is 30.3 Å². The Bertz CT molecular complexity index is 1400. The normalized spacial score (nSPS) is 16.4. The largest absolute Gasteiger partial charge is 0.419 e. The van der Waals surface area contributed by atoms with Crippen LogP contribution in [0.1, 0.15) is 43.0 Å². The van der Waals surface area contributed by atoms with Crippen molar-refractivity contribution in [2.24, 2.45) is 13.0 Å². The lowest BCUT2D eigenvalue weighted by Gasteiger charge is -2.24. The minimum absolute atomic E-state index is 0.151. The predicted molar refractivity (Wildman–Crippen MR) is 112 cm³/mol. The highest BCUT2D eigenvalue weighted by Gasteiger charge is 2.50. The van der Waals surface area contributed by atoms with Gasteiger partial charge in [-0.3, -0.25) is 9.59 Å². The van der Waals surface area contributed by atoms with Crippen LogP contribution in [0.15, 0.2) is 40.1 Å². The van der Waals surface area contributed by atoms with E-state index in [1.807, 2.05) is 0 Å². The van der Waals surface area contributed by atoms with Gasteiger partial charge in [-0.05, 0) is 31.7 Å². The fourth-order valence-corrected chi connectivity index (χ4v) is 4.11. The van der Waals surface area contributed by atoms with Crippen LogP contribution in [0.25, 0.3) is 10.8 Å². The number of rotatable bonds is 5. The highest BCUT2D eigenvalue weighted by molar-refractivity contribution is 5.90. The van der Waals surface area contributed by atoms with E-state index in [0.29, 0.717) is 10.6 Å². The van der Waals surface area contributed by atoms with Crippen molar-refractivity contribution in [1.29, 1.82) is 0 Å². The summed E-state index contributed by atoms with van der Waals surface area (Å²) in [7, 11) is 1.23. The molecule has 0 amide bonds. The fourth-order valence-electron chi connectivity index (χ4n) is 4.11. The van der Waals surface area contributed by atoms with E-state index < -0.39 is 52.9 Å². The third-order valence-electron chi connectivity index (χ3n) is 5.97. The van der Waals surface area contributed by atoms with E-state index in [-0.39, 0.29) is 35.0 Å². The molecule has 188 valence electrons. The summed E-state index contributed by atoms with van der Waals surface area (Å²) in [5, 5.41) is 6.27. The van der Waals surface area contributed by atoms with E-state index in [9.17, 15) is 40.3 Å². The molecule has 13 heteroatoms. The topological polar surface area (TPSA) is 68.9 Å². The molecule has 0 bridgehead atoms. The Labute approximate surface area is 193 Å². The Hall–Kier alpha value is -3.38. The molecular weight excluding hydrogens is 485 g/mol. The number of alkyl halides is 6. The second kappa shape index (κ2) is 8.38. The fraction of sp³-hybridized carbons (Fsp3) is 0.409. The first-order valence-electron chi connectivity index (χ1n) is 10.5. The molecule has 1 unspecified atom stereocenters. The molecule has 1 aliphatic carbocycles. The van der Waals surface area contributed by atoms with Gasteiger partial charge in [0.1, 0.15) is 11.9 Å². The number of pyridine rings is 1. The van der Waals surface area contributed by atoms with Crippen LogP contribution in [0.4, 0.5) is 36.6 Å². The van der Waals surface area contributed by atoms with Gasteiger partial charge in [0.15, 0.2) is 5.82 Å². The number of hydrogen-bond donors (Lipinski definition) is 1. The van der Waals surface area contributed by atoms with Crippen molar-refractivity contribution in [2.75, 3.05) is 5.32 Å². The van der Waals surface area contributed by atoms with Crippen LogP contribution < -0.4 is 16.4 Å². The summed E-state index contributed by atoms with van der Waals surface area (Å²) in [6, 6.07) is 0.269. The van der Waals surface area contributed by atoms with Gasteiger partial charge < -0.3 is 9.88 Å². The van der Waals surface area contributed by atoms with E-state index in [0.717, 1.165) is 29.1 Å². The van der Waals surface area contributed by atoms with E-state index in [1.54, 1.807) is 0 Å². The monoisotopic (exact) mass is 504 g/mol. The van der Waals surface area contributed by atoms with Gasteiger partial charge in [0.2, 0.25) is 0 Å². The van der Waals surface area contributed by atoms with Crippen LogP contribution in [0.2, 0.25) is 0 Å². The number of nitrogens with zero attached hydrogens (tertiary/aromatic N) is 3. The summed E-state index contributed by atoms with van der Waals surface area (Å²) < 4.78 is 96.5. The first-order chi connectivity index (χ1) is 16.2. The van der Waals surface area contributed by atoms with E-state index >= 15 is 0 Å². The van der Waals surface area contributed by atoms with Crippen LogP contribution in [0, 0.1) is 11.7 Å². The molecule has 3 aromatic rings. The van der Waals surface area contributed by atoms with Crippen molar-refractivity contribution in [3.05, 3.63) is 68.1 Å². The number of aromatic nitrogens is 3. The number of anilines is 1. The van der Waals surface area contributed by atoms with Crippen LogP contribution >= 0.6 is 0 Å². The van der Waals surface area contributed by atoms with Gasteiger partial charge in [-0.2, -0.15) is 31.4 Å². The van der Waals surface area contributed by atoms with Gasteiger partial charge in [-0.15, -0.1) is 0 Å². The summed E-state index contributed by atoms with van der Waals surface area (Å²) in [5.74, 6) is -2.51. The average molecular weight is 504 g/mol. The molecule has 1 saturated carbocycles. The summed E-state index contributed by atoms with van der Waals surface area (Å²) in [6.07, 6.45) is -8.23. The predicted octanol–water partition coefficient (Wildman–Crippen LogP) is 4.94. The van der Waals surface area contributed by atoms with E-state index in [1.165, 1.54) is 14.0 Å². The van der Waals surface area contributed by atoms with Crippen molar-refractivity contribution >= 4 is 16.6 Å². The zero-order chi connectivity index (χ0) is 25.9. The molecule has 4 rings (SSSR count). The molecule has 1 N–H and O–H groups in total. The Balaban J connectivity index is 1.85. The van der Waals surface area contributed by atoms with Crippen molar-refractivity contribution in [3.8, 4) is 0 Å². The highest BCUT2D eigenvalue weighted by atomic mass is 19.4. The second-order valence-electron chi connectivity index (χ2n) is 8.52. The first-order valence-corrected chi connectivity index (χ1v) is 10.5. The lowest BCUT2D eigenvalue weighted by molar-refractivity contribution is -0.173. The van der Waals surface area contributed by atoms with Gasteiger partial charge in [0.25, 0.3) is 11.1 Å². The molecule has 6 nitrogen and oxygen atoms in total. The second-order valence-corrected chi connectivity index (χ2v) is 8.52. The summed E-state index contributed by atoms with van der Waals surface area (Å²) in [5.41, 5.74) is -3.64. The van der Waals surface area contributed by atoms with Crippen molar-refractivity contribution in [1.82, 2.24) is 14.3 Å². The zero-order valence-corrected chi connectivity index (χ0v) is 18.3. The standard InChI is InChI=1S/C22H19F7N4O2/c1-10(12-4-3-5-15(17(12)23)21(24,25)26)30-19-14-9-33(18(11-6-7-11)22(27,28)29)16(34)8-13(14)20(35)32(2)31-19/h3-5,8-11,18H,6-7H2,1-2H3,(H,30,31)/t10-,18?/m1/s1. The number of aryl methyl sites for hydroxylation is 1. The Morgan fingerprint density at radius 1 is 1.09 bits per heavy atom. The third kappa shape index (κ3) is 4.63. The van der Waals surface area contributed by atoms with Crippen molar-refractivity contribution < 1.29 is 30.7 Å². The smallest absolute Gasteiger partial charge is 0.361 e.